The van der Waals surface area contributed by atoms with Gasteiger partial charge in [-0.3, -0.25) is 14.5 Å². The van der Waals surface area contributed by atoms with Crippen molar-refractivity contribution in [1.82, 2.24) is 30.4 Å². The van der Waals surface area contributed by atoms with Gasteiger partial charge in [-0.1, -0.05) is 20.8 Å². The fourth-order valence-electron chi connectivity index (χ4n) is 4.97. The van der Waals surface area contributed by atoms with Crippen molar-refractivity contribution >= 4 is 23.5 Å². The predicted molar refractivity (Wildman–Crippen MR) is 108 cm³/mol. The van der Waals surface area contributed by atoms with Crippen LogP contribution in [-0.4, -0.2) is 55.0 Å². The summed E-state index contributed by atoms with van der Waals surface area (Å²) < 4.78 is 1.49. The Balaban J connectivity index is 1.42. The number of amides is 4. The van der Waals surface area contributed by atoms with Crippen molar-refractivity contribution in [2.24, 2.45) is 11.3 Å². The lowest BCUT2D eigenvalue weighted by Crippen LogP contribution is -2.54. The number of hydrogen-bond acceptors (Lipinski definition) is 6. The molecule has 30 heavy (non-hydrogen) atoms. The van der Waals surface area contributed by atoms with E-state index in [9.17, 15) is 14.4 Å². The van der Waals surface area contributed by atoms with Crippen LogP contribution >= 0.6 is 0 Å². The molecular weight excluding hydrogens is 386 g/mol. The third-order valence-electron chi connectivity index (χ3n) is 5.69. The Labute approximate surface area is 174 Å². The summed E-state index contributed by atoms with van der Waals surface area (Å²) in [4.78, 5) is 39.2. The largest absolute Gasteiger partial charge is 0.325 e. The number of nitrogens with zero attached hydrogens (tertiary/aromatic N) is 5. The molecule has 1 aromatic carbocycles. The molecule has 158 valence electrons. The molecule has 2 heterocycles. The van der Waals surface area contributed by atoms with Crippen LogP contribution in [0, 0.1) is 11.3 Å². The van der Waals surface area contributed by atoms with Gasteiger partial charge in [0.25, 0.3) is 5.91 Å². The monoisotopic (exact) mass is 411 g/mol. The summed E-state index contributed by atoms with van der Waals surface area (Å²) in [5.41, 5.74) is 0.320. The molecule has 2 aliphatic rings. The molecule has 0 bridgehead atoms. The Kier molecular flexibility index (Phi) is 4.79. The average Bonchev–Trinajstić information content (AvgIpc) is 3.25. The van der Waals surface area contributed by atoms with Gasteiger partial charge in [-0.05, 0) is 65.3 Å². The zero-order chi connectivity index (χ0) is 21.5. The van der Waals surface area contributed by atoms with Gasteiger partial charge in [0.05, 0.1) is 5.69 Å². The van der Waals surface area contributed by atoms with Crippen LogP contribution in [0.4, 0.5) is 10.5 Å². The highest BCUT2D eigenvalue weighted by Gasteiger charge is 2.56. The zero-order valence-corrected chi connectivity index (χ0v) is 17.3. The third-order valence-corrected chi connectivity index (χ3v) is 5.69. The van der Waals surface area contributed by atoms with E-state index >= 15 is 0 Å². The van der Waals surface area contributed by atoms with Crippen molar-refractivity contribution in [3.63, 3.8) is 0 Å². The molecule has 2 N–H and O–H groups in total. The van der Waals surface area contributed by atoms with Gasteiger partial charge in [-0.25, -0.2) is 9.48 Å². The number of carbonyl (C=O) groups excluding carboxylic acids is 3. The van der Waals surface area contributed by atoms with Gasteiger partial charge in [0, 0.05) is 5.69 Å². The summed E-state index contributed by atoms with van der Waals surface area (Å²) in [7, 11) is 0. The Morgan fingerprint density at radius 1 is 1.23 bits per heavy atom. The number of imide groups is 1. The van der Waals surface area contributed by atoms with Gasteiger partial charge in [0.15, 0.2) is 0 Å². The average molecular weight is 411 g/mol. The van der Waals surface area contributed by atoms with Crippen LogP contribution < -0.4 is 10.6 Å². The van der Waals surface area contributed by atoms with Gasteiger partial charge in [0.1, 0.15) is 18.4 Å². The number of rotatable bonds is 4. The van der Waals surface area contributed by atoms with E-state index in [0.29, 0.717) is 24.4 Å². The quantitative estimate of drug-likeness (QED) is 0.739. The molecular formula is C20H25N7O3. The Morgan fingerprint density at radius 2 is 1.97 bits per heavy atom. The standard InChI is InChI=1S/C20H25N7O3/c1-13-8-19(2,3)11-20(9-13)17(29)26(18(30)23-20)10-16(28)22-14-4-6-15(7-5-14)27-12-21-24-25-27/h4-7,12-13H,8-11H2,1-3H3,(H,22,28)(H,23,30). The first-order valence-electron chi connectivity index (χ1n) is 9.95. The predicted octanol–water partition coefficient (Wildman–Crippen LogP) is 1.74. The Morgan fingerprint density at radius 3 is 2.60 bits per heavy atom. The van der Waals surface area contributed by atoms with Crippen molar-refractivity contribution in [3.05, 3.63) is 30.6 Å². The van der Waals surface area contributed by atoms with Crippen molar-refractivity contribution in [3.8, 4) is 5.69 Å². The van der Waals surface area contributed by atoms with E-state index < -0.39 is 17.5 Å². The Bertz CT molecular complexity index is 971. The molecule has 2 unspecified atom stereocenters. The van der Waals surface area contributed by atoms with Crippen molar-refractivity contribution in [1.29, 1.82) is 0 Å². The number of aromatic nitrogens is 4. The van der Waals surface area contributed by atoms with E-state index in [2.05, 4.69) is 46.9 Å². The molecule has 1 spiro atoms. The fourth-order valence-corrected chi connectivity index (χ4v) is 4.97. The Hall–Kier alpha value is -3.30. The molecule has 4 rings (SSSR count). The summed E-state index contributed by atoms with van der Waals surface area (Å²) >= 11 is 0. The highest BCUT2D eigenvalue weighted by molar-refractivity contribution is 6.10. The van der Waals surface area contributed by atoms with Crippen molar-refractivity contribution in [2.45, 2.75) is 45.6 Å². The minimum atomic E-state index is -0.911. The molecule has 4 amide bonds. The molecule has 0 radical (unpaired) electrons. The van der Waals surface area contributed by atoms with Crippen molar-refractivity contribution in [2.75, 3.05) is 11.9 Å². The molecule has 1 aromatic heterocycles. The second-order valence-corrected chi connectivity index (χ2v) is 9.11. The molecule has 10 heteroatoms. The number of nitrogens with one attached hydrogen (secondary N) is 2. The smallest absolute Gasteiger partial charge is 0.325 e. The zero-order valence-electron chi connectivity index (χ0n) is 17.3. The number of hydrogen-bond donors (Lipinski definition) is 2. The van der Waals surface area contributed by atoms with Gasteiger partial charge in [0.2, 0.25) is 5.91 Å². The number of benzene rings is 1. The highest BCUT2D eigenvalue weighted by atomic mass is 16.2. The van der Waals surface area contributed by atoms with Gasteiger partial charge < -0.3 is 10.6 Å². The highest BCUT2D eigenvalue weighted by Crippen LogP contribution is 2.46. The maximum absolute atomic E-state index is 13.1. The summed E-state index contributed by atoms with van der Waals surface area (Å²) in [5, 5.41) is 16.6. The summed E-state index contributed by atoms with van der Waals surface area (Å²) in [5.74, 6) is -0.435. The molecule has 1 aliphatic heterocycles. The molecule has 2 fully saturated rings. The van der Waals surface area contributed by atoms with Gasteiger partial charge >= 0.3 is 6.03 Å². The number of anilines is 1. The first-order chi connectivity index (χ1) is 14.2. The van der Waals surface area contributed by atoms with Gasteiger partial charge in [-0.15, -0.1) is 5.10 Å². The fraction of sp³-hybridized carbons (Fsp3) is 0.500. The number of tetrazole rings is 1. The van der Waals surface area contributed by atoms with Crippen LogP contribution in [0.15, 0.2) is 30.6 Å². The molecule has 2 atom stereocenters. The van der Waals surface area contributed by atoms with Crippen LogP contribution in [0.1, 0.15) is 40.0 Å². The summed E-state index contributed by atoms with van der Waals surface area (Å²) in [6, 6.07) is 6.40. The maximum atomic E-state index is 13.1. The third kappa shape index (κ3) is 3.77. The van der Waals surface area contributed by atoms with E-state index in [0.717, 1.165) is 17.0 Å². The lowest BCUT2D eigenvalue weighted by molar-refractivity contribution is -0.136. The normalized spacial score (nSPS) is 25.4. The van der Waals surface area contributed by atoms with E-state index in [4.69, 9.17) is 0 Å². The van der Waals surface area contributed by atoms with Crippen molar-refractivity contribution < 1.29 is 14.4 Å². The molecule has 1 saturated heterocycles. The van der Waals surface area contributed by atoms with E-state index in [-0.39, 0.29) is 17.9 Å². The van der Waals surface area contributed by atoms with Crippen LogP contribution in [0.5, 0.6) is 0 Å². The van der Waals surface area contributed by atoms with E-state index in [1.54, 1.807) is 24.3 Å². The van der Waals surface area contributed by atoms with E-state index in [1.165, 1.54) is 11.0 Å². The minimum absolute atomic E-state index is 0.0553. The van der Waals surface area contributed by atoms with Crippen LogP contribution in [0.2, 0.25) is 0 Å². The van der Waals surface area contributed by atoms with Crippen LogP contribution in [0.25, 0.3) is 5.69 Å². The van der Waals surface area contributed by atoms with Crippen LogP contribution in [0.3, 0.4) is 0 Å². The minimum Gasteiger partial charge on any atom is -0.325 e. The second-order valence-electron chi connectivity index (χ2n) is 9.11. The lowest BCUT2D eigenvalue weighted by atomic mass is 9.64. The van der Waals surface area contributed by atoms with Crippen LogP contribution in [-0.2, 0) is 9.59 Å². The first kappa shape index (κ1) is 20.0. The maximum Gasteiger partial charge on any atom is 0.325 e. The second kappa shape index (κ2) is 7.19. The molecule has 1 aliphatic carbocycles. The molecule has 2 aromatic rings. The summed E-state index contributed by atoms with van der Waals surface area (Å²) in [6.07, 6.45) is 3.64. The SMILES string of the molecule is CC1CC(C)(C)CC2(C1)NC(=O)N(CC(=O)Nc1ccc(-n3cnnn3)cc1)C2=O. The first-order valence-corrected chi connectivity index (χ1v) is 9.95. The van der Waals surface area contributed by atoms with Gasteiger partial charge in [-0.2, -0.15) is 0 Å². The number of carbonyl (C=O) groups is 3. The lowest BCUT2D eigenvalue weighted by Gasteiger charge is -2.43. The molecule has 10 nitrogen and oxygen atoms in total. The van der Waals surface area contributed by atoms with E-state index in [1.807, 2.05) is 0 Å². The summed E-state index contributed by atoms with van der Waals surface area (Å²) in [6.45, 7) is 5.99. The topological polar surface area (TPSA) is 122 Å². The number of urea groups is 1. The molecule has 1 saturated carbocycles.